The number of carbonyl (C=O) groups excluding carboxylic acids is 1. The number of carbonyl (C=O) groups is 1. The Hall–Kier alpha value is -3.89. The van der Waals surface area contributed by atoms with E-state index in [0.29, 0.717) is 35.4 Å². The minimum Gasteiger partial charge on any atom is -0.393 e. The standard InChI is InChI=1S/C29H32N4O5S/c1-29(2,3)20-6-9-23(10-7-20)39(35,36)33-22-8-11-25-24(17-22)26(19-5-4-14-30-18-19)27(32-25)38-28(34)31-21-12-15-37-16-13-21/h4-11,14,17-18,21,32-33H,12-13,15-16H2,1-3H3,(H,31,34). The molecule has 0 aliphatic carbocycles. The summed E-state index contributed by atoms with van der Waals surface area (Å²) in [5.41, 5.74) is 3.35. The monoisotopic (exact) mass is 548 g/mol. The van der Waals surface area contributed by atoms with Gasteiger partial charge in [0.05, 0.1) is 10.5 Å². The van der Waals surface area contributed by atoms with E-state index in [9.17, 15) is 13.2 Å². The molecule has 0 atom stereocenters. The van der Waals surface area contributed by atoms with Gasteiger partial charge < -0.3 is 19.8 Å². The molecule has 39 heavy (non-hydrogen) atoms. The molecule has 0 bridgehead atoms. The lowest BCUT2D eigenvalue weighted by Crippen LogP contribution is -2.40. The van der Waals surface area contributed by atoms with Crippen LogP contribution in [0, 0.1) is 0 Å². The van der Waals surface area contributed by atoms with Crippen molar-refractivity contribution in [3.8, 4) is 17.0 Å². The van der Waals surface area contributed by atoms with Crippen LogP contribution in [0.2, 0.25) is 0 Å². The Balaban J connectivity index is 1.45. The van der Waals surface area contributed by atoms with Crippen molar-refractivity contribution in [3.05, 3.63) is 72.6 Å². The number of hydrogen-bond donors (Lipinski definition) is 3. The van der Waals surface area contributed by atoms with E-state index in [4.69, 9.17) is 9.47 Å². The first-order valence-corrected chi connectivity index (χ1v) is 14.3. The summed E-state index contributed by atoms with van der Waals surface area (Å²) in [7, 11) is -3.83. The molecule has 5 rings (SSSR count). The molecule has 1 saturated heterocycles. The number of pyridine rings is 1. The molecule has 0 saturated carbocycles. The normalized spacial score (nSPS) is 14.7. The predicted molar refractivity (Wildman–Crippen MR) is 150 cm³/mol. The fourth-order valence-electron chi connectivity index (χ4n) is 4.58. The zero-order chi connectivity index (χ0) is 27.6. The molecule has 1 aliphatic heterocycles. The number of sulfonamides is 1. The zero-order valence-electron chi connectivity index (χ0n) is 22.2. The quantitative estimate of drug-likeness (QED) is 0.288. The van der Waals surface area contributed by atoms with E-state index >= 15 is 0 Å². The van der Waals surface area contributed by atoms with Gasteiger partial charge in [-0.1, -0.05) is 39.0 Å². The number of nitrogens with zero attached hydrogens (tertiary/aromatic N) is 1. The van der Waals surface area contributed by atoms with Crippen LogP contribution in [-0.4, -0.2) is 43.7 Å². The third-order valence-corrected chi connectivity index (χ3v) is 8.13. The first kappa shape index (κ1) is 26.7. The molecule has 2 aromatic heterocycles. The van der Waals surface area contributed by atoms with Gasteiger partial charge in [0.15, 0.2) is 0 Å². The average molecular weight is 549 g/mol. The second kappa shape index (κ2) is 10.7. The van der Waals surface area contributed by atoms with Gasteiger partial charge in [0.25, 0.3) is 10.0 Å². The number of aromatic nitrogens is 2. The lowest BCUT2D eigenvalue weighted by atomic mass is 9.87. The van der Waals surface area contributed by atoms with Crippen LogP contribution in [-0.2, 0) is 20.2 Å². The molecular formula is C29H32N4O5S. The van der Waals surface area contributed by atoms with Gasteiger partial charge in [-0.3, -0.25) is 9.71 Å². The van der Waals surface area contributed by atoms with E-state index in [0.717, 1.165) is 24.0 Å². The molecule has 4 aromatic rings. The number of hydrogen-bond acceptors (Lipinski definition) is 6. The van der Waals surface area contributed by atoms with Crippen molar-refractivity contribution < 1.29 is 22.7 Å². The van der Waals surface area contributed by atoms with E-state index < -0.39 is 16.1 Å². The molecule has 1 aliphatic rings. The van der Waals surface area contributed by atoms with Crippen molar-refractivity contribution in [1.29, 1.82) is 0 Å². The van der Waals surface area contributed by atoms with Gasteiger partial charge in [0.1, 0.15) is 0 Å². The maximum Gasteiger partial charge on any atom is 0.414 e. The summed E-state index contributed by atoms with van der Waals surface area (Å²) in [6, 6.07) is 15.6. The maximum atomic E-state index is 13.2. The van der Waals surface area contributed by atoms with Crippen molar-refractivity contribution in [2.75, 3.05) is 17.9 Å². The van der Waals surface area contributed by atoms with Crippen LogP contribution in [0.15, 0.2) is 71.9 Å². The van der Waals surface area contributed by atoms with Crippen LogP contribution >= 0.6 is 0 Å². The summed E-state index contributed by atoms with van der Waals surface area (Å²) in [5.74, 6) is 0.250. The molecule has 2 aromatic carbocycles. The van der Waals surface area contributed by atoms with Crippen LogP contribution in [0.1, 0.15) is 39.2 Å². The highest BCUT2D eigenvalue weighted by atomic mass is 32.2. The Labute approximate surface area is 228 Å². The minimum absolute atomic E-state index is 0.0176. The summed E-state index contributed by atoms with van der Waals surface area (Å²) in [6.45, 7) is 7.42. The van der Waals surface area contributed by atoms with Gasteiger partial charge >= 0.3 is 6.09 Å². The number of anilines is 1. The van der Waals surface area contributed by atoms with Gasteiger partial charge in [0.2, 0.25) is 5.88 Å². The molecule has 10 heteroatoms. The average Bonchev–Trinajstić information content (AvgIpc) is 3.26. The van der Waals surface area contributed by atoms with Crippen molar-refractivity contribution in [3.63, 3.8) is 0 Å². The molecule has 204 valence electrons. The van der Waals surface area contributed by atoms with Crippen LogP contribution < -0.4 is 14.8 Å². The first-order chi connectivity index (χ1) is 18.6. The van der Waals surface area contributed by atoms with Crippen LogP contribution in [0.3, 0.4) is 0 Å². The van der Waals surface area contributed by atoms with E-state index in [1.807, 2.05) is 18.2 Å². The fraction of sp³-hybridized carbons (Fsp3) is 0.310. The largest absolute Gasteiger partial charge is 0.414 e. The predicted octanol–water partition coefficient (Wildman–Crippen LogP) is 5.60. The van der Waals surface area contributed by atoms with E-state index in [2.05, 4.69) is 40.8 Å². The number of benzene rings is 2. The Morgan fingerprint density at radius 1 is 1.08 bits per heavy atom. The highest BCUT2D eigenvalue weighted by molar-refractivity contribution is 7.92. The number of nitrogens with one attached hydrogen (secondary N) is 3. The third-order valence-electron chi connectivity index (χ3n) is 6.74. The Kier molecular flexibility index (Phi) is 7.33. The van der Waals surface area contributed by atoms with Crippen LogP contribution in [0.25, 0.3) is 22.0 Å². The zero-order valence-corrected chi connectivity index (χ0v) is 23.0. The third kappa shape index (κ3) is 6.07. The molecule has 1 fully saturated rings. The number of rotatable bonds is 6. The molecule has 0 spiro atoms. The first-order valence-electron chi connectivity index (χ1n) is 12.9. The summed E-state index contributed by atoms with van der Waals surface area (Å²) in [5, 5.41) is 3.58. The van der Waals surface area contributed by atoms with E-state index in [-0.39, 0.29) is 22.2 Å². The second-order valence-electron chi connectivity index (χ2n) is 10.6. The van der Waals surface area contributed by atoms with Crippen LogP contribution in [0.4, 0.5) is 10.5 Å². The van der Waals surface area contributed by atoms with E-state index in [1.54, 1.807) is 48.8 Å². The minimum atomic E-state index is -3.83. The van der Waals surface area contributed by atoms with Crippen molar-refractivity contribution in [1.82, 2.24) is 15.3 Å². The summed E-state index contributed by atoms with van der Waals surface area (Å²) in [6.07, 6.45) is 4.19. The van der Waals surface area contributed by atoms with Gasteiger partial charge in [-0.25, -0.2) is 13.2 Å². The van der Waals surface area contributed by atoms with E-state index in [1.165, 1.54) is 0 Å². The topological polar surface area (TPSA) is 122 Å². The Morgan fingerprint density at radius 3 is 2.49 bits per heavy atom. The molecule has 3 heterocycles. The molecule has 3 N–H and O–H groups in total. The smallest absolute Gasteiger partial charge is 0.393 e. The summed E-state index contributed by atoms with van der Waals surface area (Å²) in [4.78, 5) is 20.3. The highest BCUT2D eigenvalue weighted by Crippen LogP contribution is 2.38. The molecule has 0 unspecified atom stereocenters. The number of amides is 1. The van der Waals surface area contributed by atoms with Crippen molar-refractivity contribution >= 4 is 32.7 Å². The second-order valence-corrected chi connectivity index (χ2v) is 12.3. The van der Waals surface area contributed by atoms with Gasteiger partial charge in [-0.05, 0) is 60.2 Å². The maximum absolute atomic E-state index is 13.2. The number of aromatic amines is 1. The van der Waals surface area contributed by atoms with Gasteiger partial charge in [0, 0.05) is 53.8 Å². The summed E-state index contributed by atoms with van der Waals surface area (Å²) < 4.78 is 40.1. The number of ether oxygens (including phenoxy) is 2. The van der Waals surface area contributed by atoms with Crippen LogP contribution in [0.5, 0.6) is 5.88 Å². The lowest BCUT2D eigenvalue weighted by molar-refractivity contribution is 0.0777. The Morgan fingerprint density at radius 2 is 1.82 bits per heavy atom. The van der Waals surface area contributed by atoms with Crippen molar-refractivity contribution in [2.45, 2.75) is 50.0 Å². The molecule has 1 amide bonds. The SMILES string of the molecule is CC(C)(C)c1ccc(S(=O)(=O)Nc2ccc3[nH]c(OC(=O)NC4CCOCC4)c(-c4cccnc4)c3c2)cc1. The van der Waals surface area contributed by atoms with Crippen molar-refractivity contribution in [2.24, 2.45) is 0 Å². The van der Waals surface area contributed by atoms with Gasteiger partial charge in [-0.2, -0.15) is 0 Å². The number of fused-ring (bicyclic) bond motifs is 1. The number of H-pyrrole nitrogens is 1. The Bertz CT molecular complexity index is 1570. The summed E-state index contributed by atoms with van der Waals surface area (Å²) >= 11 is 0. The highest BCUT2D eigenvalue weighted by Gasteiger charge is 2.23. The lowest BCUT2D eigenvalue weighted by Gasteiger charge is -2.22. The molecule has 0 radical (unpaired) electrons. The molecule has 9 nitrogen and oxygen atoms in total. The van der Waals surface area contributed by atoms with Gasteiger partial charge in [-0.15, -0.1) is 0 Å². The fourth-order valence-corrected chi connectivity index (χ4v) is 5.63. The molecular weight excluding hydrogens is 516 g/mol.